The summed E-state index contributed by atoms with van der Waals surface area (Å²) in [5.74, 6) is 0.234. The van der Waals surface area contributed by atoms with E-state index in [1.165, 1.54) is 18.2 Å². The molecular weight excluding hydrogens is 297 g/mol. The van der Waals surface area contributed by atoms with E-state index >= 15 is 0 Å². The number of hydrogen-bond donors (Lipinski definition) is 1. The first-order valence-corrected chi connectivity index (χ1v) is 8.09. The van der Waals surface area contributed by atoms with Gasteiger partial charge < -0.3 is 5.32 Å². The van der Waals surface area contributed by atoms with Crippen LogP contribution in [0.15, 0.2) is 23.1 Å². The summed E-state index contributed by atoms with van der Waals surface area (Å²) in [5.41, 5.74) is 0.235. The van der Waals surface area contributed by atoms with E-state index in [0.29, 0.717) is 12.5 Å². The first-order chi connectivity index (χ1) is 8.38. The molecule has 1 amide bonds. The number of nitrogens with one attached hydrogen (secondary N) is 1. The zero-order valence-corrected chi connectivity index (χ0v) is 11.6. The van der Waals surface area contributed by atoms with E-state index < -0.39 is 9.05 Å². The first-order valence-electron chi connectivity index (χ1n) is 5.40. The van der Waals surface area contributed by atoms with Crippen molar-refractivity contribution in [2.75, 3.05) is 6.54 Å². The van der Waals surface area contributed by atoms with Crippen LogP contribution in [-0.4, -0.2) is 20.9 Å². The van der Waals surface area contributed by atoms with Crippen LogP contribution in [0, 0.1) is 5.92 Å². The van der Waals surface area contributed by atoms with Gasteiger partial charge in [-0.1, -0.05) is 11.6 Å². The van der Waals surface area contributed by atoms with Crippen molar-refractivity contribution < 1.29 is 13.2 Å². The van der Waals surface area contributed by atoms with E-state index in [0.717, 1.165) is 12.8 Å². The molecule has 0 spiro atoms. The van der Waals surface area contributed by atoms with Gasteiger partial charge in [0.25, 0.3) is 15.0 Å². The zero-order valence-electron chi connectivity index (χ0n) is 9.32. The van der Waals surface area contributed by atoms with Crippen LogP contribution in [0.1, 0.15) is 23.2 Å². The van der Waals surface area contributed by atoms with E-state index in [1.54, 1.807) is 0 Å². The lowest BCUT2D eigenvalue weighted by Crippen LogP contribution is -2.25. The van der Waals surface area contributed by atoms with Crippen LogP contribution >= 0.6 is 22.3 Å². The van der Waals surface area contributed by atoms with Gasteiger partial charge in [0, 0.05) is 22.8 Å². The van der Waals surface area contributed by atoms with Crippen LogP contribution in [0.4, 0.5) is 0 Å². The lowest BCUT2D eigenvalue weighted by molar-refractivity contribution is 0.0951. The molecule has 1 aliphatic carbocycles. The Morgan fingerprint density at radius 2 is 2.06 bits per heavy atom. The minimum absolute atomic E-state index is 0.00347. The number of hydrogen-bond acceptors (Lipinski definition) is 3. The first kappa shape index (κ1) is 13.6. The molecule has 0 atom stereocenters. The highest BCUT2D eigenvalue weighted by atomic mass is 35.7. The molecular formula is C11H11Cl2NO3S. The molecule has 0 unspecified atom stereocenters. The van der Waals surface area contributed by atoms with E-state index in [4.69, 9.17) is 22.3 Å². The predicted molar refractivity (Wildman–Crippen MR) is 69.5 cm³/mol. The van der Waals surface area contributed by atoms with Crippen molar-refractivity contribution in [3.05, 3.63) is 28.8 Å². The average molecular weight is 308 g/mol. The molecule has 1 N–H and O–H groups in total. The molecule has 1 fully saturated rings. The summed E-state index contributed by atoms with van der Waals surface area (Å²) in [5, 5.41) is 2.74. The Balaban J connectivity index is 2.20. The molecule has 18 heavy (non-hydrogen) atoms. The highest BCUT2D eigenvalue weighted by Gasteiger charge is 2.22. The molecule has 2 rings (SSSR count). The summed E-state index contributed by atoms with van der Waals surface area (Å²) in [6.45, 7) is 0.615. The van der Waals surface area contributed by atoms with Crippen molar-refractivity contribution in [3.8, 4) is 0 Å². The quantitative estimate of drug-likeness (QED) is 0.869. The second-order valence-electron chi connectivity index (χ2n) is 4.24. The minimum atomic E-state index is -3.95. The highest BCUT2D eigenvalue weighted by molar-refractivity contribution is 8.13. The maximum atomic E-state index is 11.8. The topological polar surface area (TPSA) is 63.2 Å². The number of carbonyl (C=O) groups excluding carboxylic acids is 1. The van der Waals surface area contributed by atoms with Crippen LogP contribution in [-0.2, 0) is 9.05 Å². The fraction of sp³-hybridized carbons (Fsp3) is 0.364. The third-order valence-electron chi connectivity index (χ3n) is 2.70. The zero-order chi connectivity index (χ0) is 13.3. The smallest absolute Gasteiger partial charge is 0.262 e. The Kier molecular flexibility index (Phi) is 3.84. The Bertz CT molecular complexity index is 582. The summed E-state index contributed by atoms with van der Waals surface area (Å²) in [4.78, 5) is 11.5. The number of rotatable bonds is 4. The Labute approximate surface area is 115 Å². The maximum absolute atomic E-state index is 11.8. The fourth-order valence-electron chi connectivity index (χ4n) is 1.49. The van der Waals surface area contributed by atoms with E-state index in [-0.39, 0.29) is 21.4 Å². The van der Waals surface area contributed by atoms with E-state index in [1.807, 2.05) is 0 Å². The molecule has 0 aromatic heterocycles. The van der Waals surface area contributed by atoms with Gasteiger partial charge in [0.2, 0.25) is 0 Å². The molecule has 1 aromatic carbocycles. The van der Waals surface area contributed by atoms with Gasteiger partial charge >= 0.3 is 0 Å². The van der Waals surface area contributed by atoms with Crippen LogP contribution in [0.25, 0.3) is 0 Å². The van der Waals surface area contributed by atoms with E-state index in [2.05, 4.69) is 5.32 Å². The molecule has 0 radical (unpaired) electrons. The van der Waals surface area contributed by atoms with E-state index in [9.17, 15) is 13.2 Å². The van der Waals surface area contributed by atoms with Gasteiger partial charge in [-0.3, -0.25) is 4.79 Å². The van der Waals surface area contributed by atoms with Crippen molar-refractivity contribution in [2.45, 2.75) is 17.7 Å². The summed E-state index contributed by atoms with van der Waals surface area (Å²) < 4.78 is 22.5. The van der Waals surface area contributed by atoms with Crippen LogP contribution in [0.3, 0.4) is 0 Å². The lowest BCUT2D eigenvalue weighted by atomic mass is 10.2. The van der Waals surface area contributed by atoms with Gasteiger partial charge in [0.1, 0.15) is 4.90 Å². The molecule has 1 aliphatic rings. The van der Waals surface area contributed by atoms with Crippen LogP contribution < -0.4 is 5.32 Å². The number of benzene rings is 1. The van der Waals surface area contributed by atoms with Gasteiger partial charge in [-0.05, 0) is 37.0 Å². The highest BCUT2D eigenvalue weighted by Crippen LogP contribution is 2.28. The van der Waals surface area contributed by atoms with Crippen molar-refractivity contribution >= 4 is 37.2 Å². The van der Waals surface area contributed by atoms with Gasteiger partial charge in [-0.15, -0.1) is 0 Å². The maximum Gasteiger partial charge on any atom is 0.262 e. The second-order valence-corrected chi connectivity index (χ2v) is 7.18. The number of halogens is 2. The van der Waals surface area contributed by atoms with Crippen molar-refractivity contribution in [1.82, 2.24) is 5.32 Å². The van der Waals surface area contributed by atoms with Crippen molar-refractivity contribution in [2.24, 2.45) is 5.92 Å². The fourth-order valence-corrected chi connectivity index (χ4v) is 2.98. The Morgan fingerprint density at radius 3 is 2.61 bits per heavy atom. The average Bonchev–Trinajstić information content (AvgIpc) is 3.08. The van der Waals surface area contributed by atoms with Crippen molar-refractivity contribution in [3.63, 3.8) is 0 Å². The third-order valence-corrected chi connectivity index (χ3v) is 4.51. The number of carbonyl (C=O) groups is 1. The van der Waals surface area contributed by atoms with Crippen LogP contribution in [0.5, 0.6) is 0 Å². The summed E-state index contributed by atoms with van der Waals surface area (Å²) in [6.07, 6.45) is 2.25. The van der Waals surface area contributed by atoms with Gasteiger partial charge in [-0.25, -0.2) is 8.42 Å². The van der Waals surface area contributed by atoms with Gasteiger partial charge in [0.05, 0.1) is 5.02 Å². The number of amides is 1. The minimum Gasteiger partial charge on any atom is -0.352 e. The van der Waals surface area contributed by atoms with Gasteiger partial charge in [0.15, 0.2) is 0 Å². The normalized spacial score (nSPS) is 15.4. The van der Waals surface area contributed by atoms with Crippen molar-refractivity contribution in [1.29, 1.82) is 0 Å². The standard InChI is InChI=1S/C11H11Cl2NO3S/c12-9-4-3-8(5-10(9)18(13,16)17)11(15)14-6-7-1-2-7/h3-5,7H,1-2,6H2,(H,14,15). The molecule has 1 aromatic rings. The van der Waals surface area contributed by atoms with Gasteiger partial charge in [-0.2, -0.15) is 0 Å². The lowest BCUT2D eigenvalue weighted by Gasteiger charge is -2.06. The molecule has 0 bridgehead atoms. The second kappa shape index (κ2) is 5.07. The molecule has 98 valence electrons. The molecule has 0 aliphatic heterocycles. The monoisotopic (exact) mass is 307 g/mol. The Hall–Kier alpha value is -0.780. The molecule has 0 heterocycles. The Morgan fingerprint density at radius 1 is 1.39 bits per heavy atom. The summed E-state index contributed by atoms with van der Waals surface area (Å²) >= 11 is 5.73. The predicted octanol–water partition coefficient (Wildman–Crippen LogP) is 2.41. The van der Waals surface area contributed by atoms with Crippen LogP contribution in [0.2, 0.25) is 5.02 Å². The molecule has 4 nitrogen and oxygen atoms in total. The molecule has 0 saturated heterocycles. The third kappa shape index (κ3) is 3.37. The molecule has 7 heteroatoms. The molecule has 1 saturated carbocycles. The SMILES string of the molecule is O=C(NCC1CC1)c1ccc(Cl)c(S(=O)(=O)Cl)c1. The summed E-state index contributed by atoms with van der Waals surface area (Å²) in [7, 11) is 1.29. The summed E-state index contributed by atoms with van der Waals surface area (Å²) in [6, 6.07) is 4.01. The largest absolute Gasteiger partial charge is 0.352 e.